The zero-order chi connectivity index (χ0) is 22.6. The Balaban J connectivity index is 1.73. The Morgan fingerprint density at radius 2 is 1.41 bits per heavy atom. The van der Waals surface area contributed by atoms with E-state index in [4.69, 9.17) is 0 Å². The Hall–Kier alpha value is -4.19. The summed E-state index contributed by atoms with van der Waals surface area (Å²) in [4.78, 5) is 41.2. The van der Waals surface area contributed by atoms with Crippen LogP contribution >= 0.6 is 0 Å². The number of hydrogen-bond acceptors (Lipinski definition) is 3. The smallest absolute Gasteiger partial charge is 0.259 e. The summed E-state index contributed by atoms with van der Waals surface area (Å²) in [5.41, 5.74) is 0.758. The fourth-order valence-corrected chi connectivity index (χ4v) is 3.93. The average Bonchev–Trinajstić information content (AvgIpc) is 3.07. The van der Waals surface area contributed by atoms with Crippen LogP contribution in [0.15, 0.2) is 97.6 Å². The van der Waals surface area contributed by atoms with Crippen molar-refractivity contribution < 1.29 is 14.4 Å². The molecule has 1 aliphatic rings. The minimum atomic E-state index is -1.45. The molecule has 0 bridgehead atoms. The molecule has 32 heavy (non-hydrogen) atoms. The van der Waals surface area contributed by atoms with E-state index in [1.54, 1.807) is 65.6 Å². The first-order valence-corrected chi connectivity index (χ1v) is 10.3. The quantitative estimate of drug-likeness (QED) is 0.571. The maximum Gasteiger partial charge on any atom is 0.259 e. The van der Waals surface area contributed by atoms with Crippen molar-refractivity contribution in [2.75, 3.05) is 18.0 Å². The van der Waals surface area contributed by atoms with Crippen LogP contribution in [0.1, 0.15) is 26.3 Å². The minimum Gasteiger partial charge on any atom is -0.349 e. The molecule has 3 amide bonds. The number of amides is 3. The lowest BCUT2D eigenvalue weighted by atomic mass is 9.90. The molecule has 0 saturated carbocycles. The highest BCUT2D eigenvalue weighted by Gasteiger charge is 2.52. The van der Waals surface area contributed by atoms with Crippen molar-refractivity contribution in [2.45, 2.75) is 5.54 Å². The number of carbonyl (C=O) groups is 3. The van der Waals surface area contributed by atoms with Gasteiger partial charge in [-0.25, -0.2) is 0 Å². The zero-order valence-corrected chi connectivity index (χ0v) is 17.5. The van der Waals surface area contributed by atoms with Gasteiger partial charge in [-0.15, -0.1) is 6.58 Å². The zero-order valence-electron chi connectivity index (χ0n) is 17.5. The number of anilines is 1. The van der Waals surface area contributed by atoms with Gasteiger partial charge in [0.1, 0.15) is 0 Å². The van der Waals surface area contributed by atoms with Gasteiger partial charge in [-0.1, -0.05) is 60.7 Å². The lowest BCUT2D eigenvalue weighted by Gasteiger charge is -2.30. The molecular formula is C26H23N3O3. The number of fused-ring (bicyclic) bond motifs is 1. The topological polar surface area (TPSA) is 78.5 Å². The van der Waals surface area contributed by atoms with Gasteiger partial charge in [0.25, 0.3) is 17.7 Å². The van der Waals surface area contributed by atoms with E-state index in [1.807, 2.05) is 30.3 Å². The molecule has 3 aromatic carbocycles. The number of hydrogen-bond donors (Lipinski definition) is 2. The Kier molecular flexibility index (Phi) is 5.85. The first-order chi connectivity index (χ1) is 15.6. The molecule has 1 atom stereocenters. The van der Waals surface area contributed by atoms with Crippen LogP contribution < -0.4 is 15.5 Å². The lowest BCUT2D eigenvalue weighted by Crippen LogP contribution is -2.59. The standard InChI is InChI=1S/C26H23N3O3/c1-2-17-29-22-16-10-9-15-21(22)26(25(29)32,28-24(31)20-13-7-4-8-14-20)18-27-23(30)19-11-5-3-6-12-19/h2-16H,1,17-18H2,(H,27,30)(H,28,31). The fraction of sp³-hybridized carbons (Fsp3) is 0.115. The van der Waals surface area contributed by atoms with Gasteiger partial charge < -0.3 is 15.5 Å². The predicted octanol–water partition coefficient (Wildman–Crippen LogP) is 3.27. The maximum atomic E-state index is 13.7. The molecule has 6 heteroatoms. The summed E-state index contributed by atoms with van der Waals surface area (Å²) in [7, 11) is 0. The number of rotatable bonds is 7. The summed E-state index contributed by atoms with van der Waals surface area (Å²) < 4.78 is 0. The summed E-state index contributed by atoms with van der Waals surface area (Å²) in [6.45, 7) is 3.94. The van der Waals surface area contributed by atoms with Crippen LogP contribution in [-0.4, -0.2) is 30.8 Å². The van der Waals surface area contributed by atoms with Gasteiger partial charge in [0, 0.05) is 23.2 Å². The van der Waals surface area contributed by atoms with Gasteiger partial charge in [-0.05, 0) is 30.3 Å². The first-order valence-electron chi connectivity index (χ1n) is 10.3. The van der Waals surface area contributed by atoms with Gasteiger partial charge in [-0.3, -0.25) is 14.4 Å². The van der Waals surface area contributed by atoms with E-state index in [0.29, 0.717) is 22.4 Å². The van der Waals surface area contributed by atoms with Gasteiger partial charge in [0.05, 0.1) is 12.2 Å². The molecule has 1 heterocycles. The number of benzene rings is 3. The summed E-state index contributed by atoms with van der Waals surface area (Å²) in [5.74, 6) is -1.05. The molecule has 0 saturated heterocycles. The molecule has 0 aliphatic carbocycles. The van der Waals surface area contributed by atoms with E-state index in [1.165, 1.54) is 0 Å². The van der Waals surface area contributed by atoms with E-state index in [2.05, 4.69) is 17.2 Å². The molecule has 2 N–H and O–H groups in total. The third-order valence-electron chi connectivity index (χ3n) is 5.49. The maximum absolute atomic E-state index is 13.7. The highest BCUT2D eigenvalue weighted by Crippen LogP contribution is 2.40. The van der Waals surface area contributed by atoms with Crippen molar-refractivity contribution in [3.8, 4) is 0 Å². The Labute approximate surface area is 186 Å². The van der Waals surface area contributed by atoms with Gasteiger partial charge in [0.15, 0.2) is 5.54 Å². The number of para-hydroxylation sites is 1. The van der Waals surface area contributed by atoms with Crippen molar-refractivity contribution in [1.29, 1.82) is 0 Å². The van der Waals surface area contributed by atoms with E-state index in [9.17, 15) is 14.4 Å². The second kappa shape index (κ2) is 8.89. The molecule has 4 rings (SSSR count). The van der Waals surface area contributed by atoms with Gasteiger partial charge in [0.2, 0.25) is 0 Å². The Morgan fingerprint density at radius 3 is 2.03 bits per heavy atom. The molecule has 1 aliphatic heterocycles. The molecule has 3 aromatic rings. The summed E-state index contributed by atoms with van der Waals surface area (Å²) in [5, 5.41) is 5.78. The molecule has 0 spiro atoms. The normalized spacial score (nSPS) is 16.9. The van der Waals surface area contributed by atoms with Crippen molar-refractivity contribution in [3.63, 3.8) is 0 Å². The predicted molar refractivity (Wildman–Crippen MR) is 123 cm³/mol. The molecule has 0 fully saturated rings. The largest absolute Gasteiger partial charge is 0.349 e. The monoisotopic (exact) mass is 425 g/mol. The summed E-state index contributed by atoms with van der Waals surface area (Å²) >= 11 is 0. The van der Waals surface area contributed by atoms with Crippen LogP contribution in [0.4, 0.5) is 5.69 Å². The van der Waals surface area contributed by atoms with Crippen LogP contribution in [0, 0.1) is 0 Å². The van der Waals surface area contributed by atoms with E-state index in [0.717, 1.165) is 0 Å². The number of carbonyl (C=O) groups excluding carboxylic acids is 3. The van der Waals surface area contributed by atoms with Crippen LogP contribution in [0.2, 0.25) is 0 Å². The summed E-state index contributed by atoms with van der Waals surface area (Å²) in [6.07, 6.45) is 1.63. The van der Waals surface area contributed by atoms with Crippen molar-refractivity contribution >= 4 is 23.4 Å². The number of nitrogens with one attached hydrogen (secondary N) is 2. The molecule has 0 radical (unpaired) electrons. The second-order valence-corrected chi connectivity index (χ2v) is 7.50. The van der Waals surface area contributed by atoms with Crippen molar-refractivity contribution in [3.05, 3.63) is 114 Å². The number of nitrogens with zero attached hydrogens (tertiary/aromatic N) is 1. The van der Waals surface area contributed by atoms with E-state index >= 15 is 0 Å². The molecule has 160 valence electrons. The van der Waals surface area contributed by atoms with Crippen LogP contribution in [-0.2, 0) is 10.3 Å². The molecule has 0 aromatic heterocycles. The van der Waals surface area contributed by atoms with Crippen LogP contribution in [0.3, 0.4) is 0 Å². The molecule has 6 nitrogen and oxygen atoms in total. The van der Waals surface area contributed by atoms with Crippen LogP contribution in [0.25, 0.3) is 0 Å². The Morgan fingerprint density at radius 1 is 0.844 bits per heavy atom. The highest BCUT2D eigenvalue weighted by atomic mass is 16.2. The van der Waals surface area contributed by atoms with Crippen LogP contribution in [0.5, 0.6) is 0 Å². The SMILES string of the molecule is C=CCN1C(=O)C(CNC(=O)c2ccccc2)(NC(=O)c2ccccc2)c2ccccc21. The average molecular weight is 425 g/mol. The van der Waals surface area contributed by atoms with E-state index in [-0.39, 0.29) is 24.9 Å². The van der Waals surface area contributed by atoms with Gasteiger partial charge in [-0.2, -0.15) is 0 Å². The lowest BCUT2D eigenvalue weighted by molar-refractivity contribution is -0.123. The van der Waals surface area contributed by atoms with Crippen molar-refractivity contribution in [1.82, 2.24) is 10.6 Å². The third kappa shape index (κ3) is 3.78. The van der Waals surface area contributed by atoms with Crippen molar-refractivity contribution in [2.24, 2.45) is 0 Å². The van der Waals surface area contributed by atoms with Gasteiger partial charge >= 0.3 is 0 Å². The molecule has 1 unspecified atom stereocenters. The minimum absolute atomic E-state index is 0.0945. The fourth-order valence-electron chi connectivity index (χ4n) is 3.93. The summed E-state index contributed by atoms with van der Waals surface area (Å²) in [6, 6.07) is 24.7. The van der Waals surface area contributed by atoms with E-state index < -0.39 is 11.4 Å². The second-order valence-electron chi connectivity index (χ2n) is 7.50. The highest BCUT2D eigenvalue weighted by molar-refractivity contribution is 6.11. The third-order valence-corrected chi connectivity index (χ3v) is 5.49. The molecular weight excluding hydrogens is 402 g/mol. The Bertz CT molecular complexity index is 1160. The first kappa shape index (κ1) is 21.1.